The van der Waals surface area contributed by atoms with Crippen molar-refractivity contribution in [3.05, 3.63) is 64.0 Å². The van der Waals surface area contributed by atoms with Crippen molar-refractivity contribution in [2.24, 2.45) is 5.73 Å². The lowest BCUT2D eigenvalue weighted by molar-refractivity contribution is -0.384. The quantitative estimate of drug-likeness (QED) is 0.0762. The topological polar surface area (TPSA) is 157 Å². The Balaban J connectivity index is 1.45. The molecule has 0 bridgehead atoms. The number of pyridine rings is 1. The van der Waals surface area contributed by atoms with E-state index in [1.54, 1.807) is 10.7 Å². The molecule has 0 aliphatic heterocycles. The zero-order chi connectivity index (χ0) is 31.1. The number of benzene rings is 1. The van der Waals surface area contributed by atoms with Crippen LogP contribution in [0.5, 0.6) is 11.6 Å². The molecule has 0 unspecified atom stereocenters. The van der Waals surface area contributed by atoms with Crippen LogP contribution in [0.1, 0.15) is 76.6 Å². The zero-order valence-corrected chi connectivity index (χ0v) is 24.3. The first-order valence-electron chi connectivity index (χ1n) is 14.1. The summed E-state index contributed by atoms with van der Waals surface area (Å²) in [5, 5.41) is 18.9. The molecule has 232 valence electrons. The van der Waals surface area contributed by atoms with Gasteiger partial charge in [-0.2, -0.15) is 5.10 Å². The summed E-state index contributed by atoms with van der Waals surface area (Å²) in [7, 11) is 0. The molecule has 4 rings (SSSR count). The standard InChI is InChI=1S/C29H36F2N6O6/c1-29(2,3)36-25(33-19-15-24(27(30)31)34-26(16-19)41-13-5-4-12-32)17-23(35-36)18-6-9-22(14-18)43-28(38)42-21-10-7-20(8-11-21)37(39)40/h7-8,10-11,15-18,22,27H,4-6,9,12-14,32H2,1-3H3,(H,33,34)/t18-,22+/m0/s1. The van der Waals surface area contributed by atoms with E-state index >= 15 is 0 Å². The number of nitrogens with one attached hydrogen (secondary N) is 1. The van der Waals surface area contributed by atoms with Crippen molar-refractivity contribution in [2.75, 3.05) is 18.5 Å². The minimum Gasteiger partial charge on any atom is -0.478 e. The number of ether oxygens (including phenoxy) is 3. The normalized spacial score (nSPS) is 16.7. The van der Waals surface area contributed by atoms with Gasteiger partial charge < -0.3 is 25.3 Å². The minimum absolute atomic E-state index is 0.0168. The van der Waals surface area contributed by atoms with Gasteiger partial charge in [-0.3, -0.25) is 10.1 Å². The monoisotopic (exact) mass is 602 g/mol. The Morgan fingerprint density at radius 3 is 2.58 bits per heavy atom. The molecule has 0 saturated heterocycles. The van der Waals surface area contributed by atoms with E-state index in [-0.39, 0.29) is 23.2 Å². The molecule has 2 aromatic heterocycles. The molecule has 2 heterocycles. The summed E-state index contributed by atoms with van der Waals surface area (Å²) in [5.41, 5.74) is 5.71. The molecule has 1 aliphatic rings. The lowest BCUT2D eigenvalue weighted by Crippen LogP contribution is -2.25. The molecule has 0 amide bonds. The van der Waals surface area contributed by atoms with Crippen LogP contribution in [0.25, 0.3) is 0 Å². The number of carbonyl (C=O) groups excluding carboxylic acids is 1. The molecular weight excluding hydrogens is 566 g/mol. The first-order valence-corrected chi connectivity index (χ1v) is 14.1. The Kier molecular flexibility index (Phi) is 10.1. The second kappa shape index (κ2) is 13.8. The lowest BCUT2D eigenvalue weighted by atomic mass is 10.0. The number of rotatable bonds is 12. The van der Waals surface area contributed by atoms with Gasteiger partial charge in [0.2, 0.25) is 5.88 Å². The molecule has 0 spiro atoms. The average molecular weight is 603 g/mol. The number of hydrogen-bond donors (Lipinski definition) is 2. The fraction of sp³-hybridized carbons (Fsp3) is 0.483. The smallest absolute Gasteiger partial charge is 0.478 e. The molecule has 2 atom stereocenters. The highest BCUT2D eigenvalue weighted by molar-refractivity contribution is 5.64. The maximum atomic E-state index is 13.6. The molecule has 43 heavy (non-hydrogen) atoms. The van der Waals surface area contributed by atoms with Crippen molar-refractivity contribution in [3.8, 4) is 11.6 Å². The molecule has 1 aliphatic carbocycles. The van der Waals surface area contributed by atoms with Gasteiger partial charge in [0.15, 0.2) is 0 Å². The largest absolute Gasteiger partial charge is 0.514 e. The van der Waals surface area contributed by atoms with E-state index in [0.29, 0.717) is 50.3 Å². The molecule has 14 heteroatoms. The molecule has 0 radical (unpaired) electrons. The van der Waals surface area contributed by atoms with Crippen molar-refractivity contribution in [1.82, 2.24) is 14.8 Å². The maximum absolute atomic E-state index is 13.6. The Morgan fingerprint density at radius 2 is 1.93 bits per heavy atom. The molecule has 1 fully saturated rings. The van der Waals surface area contributed by atoms with Crippen molar-refractivity contribution in [3.63, 3.8) is 0 Å². The Morgan fingerprint density at radius 1 is 1.19 bits per heavy atom. The van der Waals surface area contributed by atoms with Gasteiger partial charge in [-0.1, -0.05) is 0 Å². The fourth-order valence-electron chi connectivity index (χ4n) is 4.76. The van der Waals surface area contributed by atoms with E-state index in [1.807, 2.05) is 26.8 Å². The van der Waals surface area contributed by atoms with Crippen LogP contribution in [0, 0.1) is 10.1 Å². The minimum atomic E-state index is -2.78. The van der Waals surface area contributed by atoms with Crippen LogP contribution in [-0.4, -0.2) is 45.1 Å². The third-order valence-electron chi connectivity index (χ3n) is 6.84. The number of carbonyl (C=O) groups is 1. The van der Waals surface area contributed by atoms with Gasteiger partial charge in [0.05, 0.1) is 22.8 Å². The van der Waals surface area contributed by atoms with E-state index in [1.165, 1.54) is 30.3 Å². The number of halogens is 2. The van der Waals surface area contributed by atoms with Crippen LogP contribution in [0.3, 0.4) is 0 Å². The number of nitro groups is 1. The van der Waals surface area contributed by atoms with Crippen molar-refractivity contribution in [1.29, 1.82) is 0 Å². The van der Waals surface area contributed by atoms with Crippen molar-refractivity contribution >= 4 is 23.3 Å². The molecule has 12 nitrogen and oxygen atoms in total. The summed E-state index contributed by atoms with van der Waals surface area (Å²) in [6.45, 7) is 6.76. The van der Waals surface area contributed by atoms with Gasteiger partial charge in [0.25, 0.3) is 12.1 Å². The number of nitrogens with two attached hydrogens (primary N) is 1. The summed E-state index contributed by atoms with van der Waals surface area (Å²) in [6, 6.07) is 9.86. The molecule has 3 N–H and O–H groups in total. The van der Waals surface area contributed by atoms with Crippen LogP contribution in [0.4, 0.5) is 30.8 Å². The first-order chi connectivity index (χ1) is 20.4. The van der Waals surface area contributed by atoms with E-state index in [9.17, 15) is 23.7 Å². The SMILES string of the molecule is CC(C)(C)n1nc([C@H]2CC[C@@H](OC(=O)Oc3ccc([N+](=O)[O-])cc3)C2)cc1Nc1cc(OCCCCN)nc(C(F)F)c1. The predicted molar refractivity (Wildman–Crippen MR) is 154 cm³/mol. The summed E-state index contributed by atoms with van der Waals surface area (Å²) < 4.78 is 45.3. The molecule has 3 aromatic rings. The first kappa shape index (κ1) is 31.6. The van der Waals surface area contributed by atoms with Gasteiger partial charge in [-0.25, -0.2) is 23.2 Å². The van der Waals surface area contributed by atoms with E-state index in [0.717, 1.165) is 12.1 Å². The van der Waals surface area contributed by atoms with Crippen molar-refractivity contribution < 1.29 is 32.7 Å². The number of unbranched alkanes of at least 4 members (excludes halogenated alkanes) is 1. The third kappa shape index (κ3) is 8.60. The van der Waals surface area contributed by atoms with Crippen LogP contribution in [-0.2, 0) is 10.3 Å². The van der Waals surface area contributed by atoms with Crippen LogP contribution in [0.2, 0.25) is 0 Å². The fourth-order valence-corrected chi connectivity index (χ4v) is 4.76. The third-order valence-corrected chi connectivity index (χ3v) is 6.84. The number of nitrogens with zero attached hydrogens (tertiary/aromatic N) is 4. The Hall–Kier alpha value is -4.33. The van der Waals surface area contributed by atoms with E-state index < -0.39 is 34.8 Å². The second-order valence-electron chi connectivity index (χ2n) is 11.3. The highest BCUT2D eigenvalue weighted by Gasteiger charge is 2.32. The highest BCUT2D eigenvalue weighted by Crippen LogP contribution is 2.38. The average Bonchev–Trinajstić information content (AvgIpc) is 3.58. The Bertz CT molecular complexity index is 1410. The highest BCUT2D eigenvalue weighted by atomic mass is 19.3. The molecular formula is C29H36F2N6O6. The Labute approximate surface area is 247 Å². The van der Waals surface area contributed by atoms with Crippen LogP contribution < -0.4 is 20.5 Å². The molecule has 1 aromatic carbocycles. The van der Waals surface area contributed by atoms with E-state index in [2.05, 4.69) is 10.3 Å². The number of anilines is 2. The number of aromatic nitrogens is 3. The predicted octanol–water partition coefficient (Wildman–Crippen LogP) is 6.59. The van der Waals surface area contributed by atoms with Crippen LogP contribution in [0.15, 0.2) is 42.5 Å². The summed E-state index contributed by atoms with van der Waals surface area (Å²) in [5.74, 6) is 0.817. The number of nitro benzene ring substituents is 1. The lowest BCUT2D eigenvalue weighted by Gasteiger charge is -2.23. The summed E-state index contributed by atoms with van der Waals surface area (Å²) >= 11 is 0. The van der Waals surface area contributed by atoms with Gasteiger partial charge >= 0.3 is 6.16 Å². The van der Waals surface area contributed by atoms with Gasteiger partial charge in [0, 0.05) is 35.9 Å². The number of hydrogen-bond acceptors (Lipinski definition) is 10. The summed E-state index contributed by atoms with van der Waals surface area (Å²) in [6.07, 6.45) is -0.822. The number of non-ortho nitro benzene ring substituents is 1. The van der Waals surface area contributed by atoms with E-state index in [4.69, 9.17) is 25.0 Å². The maximum Gasteiger partial charge on any atom is 0.514 e. The van der Waals surface area contributed by atoms with Gasteiger partial charge in [0.1, 0.15) is 23.4 Å². The second-order valence-corrected chi connectivity index (χ2v) is 11.3. The summed E-state index contributed by atoms with van der Waals surface area (Å²) in [4.78, 5) is 26.5. The zero-order valence-electron chi connectivity index (χ0n) is 24.3. The van der Waals surface area contributed by atoms with Gasteiger partial charge in [-0.05, 0) is 77.6 Å². The van der Waals surface area contributed by atoms with Crippen molar-refractivity contribution in [2.45, 2.75) is 76.9 Å². The van der Waals surface area contributed by atoms with Crippen LogP contribution >= 0.6 is 0 Å². The molecule has 1 saturated carbocycles. The number of alkyl halides is 2. The van der Waals surface area contributed by atoms with Gasteiger partial charge in [-0.15, -0.1) is 0 Å².